The lowest BCUT2D eigenvalue weighted by atomic mass is 10.0. The summed E-state index contributed by atoms with van der Waals surface area (Å²) in [6.45, 7) is 1.37. The number of carbonyl (C=O) groups excluding carboxylic acids is 3. The van der Waals surface area contributed by atoms with E-state index in [1.54, 1.807) is 41.0 Å². The molecule has 9 rings (SSSR count). The molecule has 2 fully saturated rings. The molecule has 11 heteroatoms. The molecule has 294 valence electrons. The first-order valence-corrected chi connectivity index (χ1v) is 21.6. The Balaban J connectivity index is 0.856. The Bertz CT molecular complexity index is 2540. The van der Waals surface area contributed by atoms with Gasteiger partial charge in [-0.25, -0.2) is 9.97 Å². The van der Waals surface area contributed by atoms with Gasteiger partial charge in [-0.3, -0.25) is 19.4 Å². The Labute approximate surface area is 351 Å². The zero-order valence-corrected chi connectivity index (χ0v) is 33.9. The third-order valence-corrected chi connectivity index (χ3v) is 13.5. The highest BCUT2D eigenvalue weighted by Gasteiger charge is 2.37. The molecule has 0 radical (unpaired) electrons. The van der Waals surface area contributed by atoms with Gasteiger partial charge in [-0.05, 0) is 71.2 Å². The molecule has 0 unspecified atom stereocenters. The van der Waals surface area contributed by atoms with Gasteiger partial charge in [0.15, 0.2) is 0 Å². The summed E-state index contributed by atoms with van der Waals surface area (Å²) in [4.78, 5) is 60.4. The van der Waals surface area contributed by atoms with Crippen LogP contribution in [0, 0.1) is 0 Å². The number of benzene rings is 4. The molecule has 1 N–H and O–H groups in total. The van der Waals surface area contributed by atoms with E-state index in [0.29, 0.717) is 18.5 Å². The fourth-order valence-electron chi connectivity index (χ4n) is 8.10. The van der Waals surface area contributed by atoms with Crippen LogP contribution in [0.15, 0.2) is 146 Å². The molecule has 2 aliphatic rings. The number of amides is 3. The van der Waals surface area contributed by atoms with Crippen molar-refractivity contribution in [3.8, 4) is 32.0 Å². The van der Waals surface area contributed by atoms with E-state index in [4.69, 9.17) is 9.97 Å². The number of aromatic nitrogens is 3. The SMILES string of the molecule is O=C(N[C@H](C(=O)N1CCC[C@H]1c1ncc(-c2ccc(-c3ccc(-c4cnc([C@@H]5CCCN5C(=O)Cc5ccccc5)s4)cc3)cc2)s1)c1ccccc1)c1cccnc1. The van der Waals surface area contributed by atoms with Crippen molar-refractivity contribution >= 4 is 40.4 Å². The Kier molecular flexibility index (Phi) is 11.2. The van der Waals surface area contributed by atoms with Crippen LogP contribution in [0.3, 0.4) is 0 Å². The zero-order chi connectivity index (χ0) is 40.1. The van der Waals surface area contributed by atoms with Gasteiger partial charge in [-0.1, -0.05) is 109 Å². The van der Waals surface area contributed by atoms with E-state index in [9.17, 15) is 14.4 Å². The summed E-state index contributed by atoms with van der Waals surface area (Å²) in [6, 6.07) is 38.9. The summed E-state index contributed by atoms with van der Waals surface area (Å²) in [5.74, 6) is -0.334. The van der Waals surface area contributed by atoms with Crippen molar-refractivity contribution in [2.45, 2.75) is 50.2 Å². The van der Waals surface area contributed by atoms with Crippen LogP contribution in [0.2, 0.25) is 0 Å². The zero-order valence-electron chi connectivity index (χ0n) is 32.3. The molecule has 0 spiro atoms. The van der Waals surface area contributed by atoms with E-state index in [-0.39, 0.29) is 29.8 Å². The van der Waals surface area contributed by atoms with Crippen LogP contribution in [0.25, 0.3) is 32.0 Å². The number of likely N-dealkylation sites (tertiary alicyclic amines) is 2. The van der Waals surface area contributed by atoms with Crippen molar-refractivity contribution in [2.24, 2.45) is 0 Å². The number of rotatable bonds is 11. The smallest absolute Gasteiger partial charge is 0.253 e. The number of carbonyl (C=O) groups is 3. The summed E-state index contributed by atoms with van der Waals surface area (Å²) >= 11 is 3.29. The summed E-state index contributed by atoms with van der Waals surface area (Å²) in [7, 11) is 0. The molecule has 9 nitrogen and oxygen atoms in total. The summed E-state index contributed by atoms with van der Waals surface area (Å²) < 4.78 is 0. The normalized spacial score (nSPS) is 16.9. The summed E-state index contributed by atoms with van der Waals surface area (Å²) in [5, 5.41) is 4.87. The number of hydrogen-bond acceptors (Lipinski definition) is 8. The van der Waals surface area contributed by atoms with Gasteiger partial charge in [0.05, 0.1) is 33.8 Å². The molecule has 2 aliphatic heterocycles. The Hall–Kier alpha value is -6.30. The Morgan fingerprint density at radius 3 is 1.75 bits per heavy atom. The lowest BCUT2D eigenvalue weighted by Crippen LogP contribution is -2.42. The number of nitrogens with zero attached hydrogens (tertiary/aromatic N) is 5. The van der Waals surface area contributed by atoms with Crippen molar-refractivity contribution in [3.63, 3.8) is 0 Å². The maximum absolute atomic E-state index is 14.2. The van der Waals surface area contributed by atoms with Gasteiger partial charge in [0.25, 0.3) is 5.91 Å². The first-order valence-electron chi connectivity index (χ1n) is 20.0. The van der Waals surface area contributed by atoms with Gasteiger partial charge < -0.3 is 15.1 Å². The van der Waals surface area contributed by atoms with Crippen LogP contribution in [-0.4, -0.2) is 55.6 Å². The van der Waals surface area contributed by atoms with Crippen molar-refractivity contribution in [3.05, 3.63) is 173 Å². The predicted molar refractivity (Wildman–Crippen MR) is 233 cm³/mol. The van der Waals surface area contributed by atoms with E-state index in [0.717, 1.165) is 85.4 Å². The topological polar surface area (TPSA) is 108 Å². The maximum atomic E-state index is 14.2. The van der Waals surface area contributed by atoms with E-state index < -0.39 is 6.04 Å². The molecule has 0 aliphatic carbocycles. The lowest BCUT2D eigenvalue weighted by molar-refractivity contribution is -0.134. The quantitative estimate of drug-likeness (QED) is 0.139. The second kappa shape index (κ2) is 17.3. The van der Waals surface area contributed by atoms with Crippen molar-refractivity contribution in [2.75, 3.05) is 13.1 Å². The van der Waals surface area contributed by atoms with Crippen LogP contribution in [0.4, 0.5) is 0 Å². The van der Waals surface area contributed by atoms with Crippen molar-refractivity contribution in [1.29, 1.82) is 0 Å². The van der Waals surface area contributed by atoms with Crippen LogP contribution in [0.1, 0.15) is 75.3 Å². The molecule has 0 saturated carbocycles. The number of hydrogen-bond donors (Lipinski definition) is 1. The van der Waals surface area contributed by atoms with Gasteiger partial charge in [0.2, 0.25) is 11.8 Å². The maximum Gasteiger partial charge on any atom is 0.253 e. The second-order valence-electron chi connectivity index (χ2n) is 14.9. The number of thiazole rings is 2. The molecule has 3 atom stereocenters. The third-order valence-electron chi connectivity index (χ3n) is 11.2. The summed E-state index contributed by atoms with van der Waals surface area (Å²) in [6.07, 6.45) is 11.0. The minimum Gasteiger partial charge on any atom is -0.336 e. The number of nitrogens with one attached hydrogen (secondary N) is 1. The van der Waals surface area contributed by atoms with Crippen LogP contribution >= 0.6 is 22.7 Å². The third kappa shape index (κ3) is 8.35. The van der Waals surface area contributed by atoms with Crippen molar-refractivity contribution < 1.29 is 14.4 Å². The molecule has 7 aromatic rings. The van der Waals surface area contributed by atoms with Crippen LogP contribution < -0.4 is 5.32 Å². The van der Waals surface area contributed by atoms with Crippen LogP contribution in [-0.2, 0) is 16.0 Å². The fourth-order valence-corrected chi connectivity index (χ4v) is 10.2. The molecule has 59 heavy (non-hydrogen) atoms. The highest BCUT2D eigenvalue weighted by atomic mass is 32.1. The molecule has 3 aromatic heterocycles. The minimum atomic E-state index is -0.838. The Morgan fingerprint density at radius 1 is 0.627 bits per heavy atom. The van der Waals surface area contributed by atoms with Gasteiger partial charge in [0, 0.05) is 37.9 Å². The highest BCUT2D eigenvalue weighted by molar-refractivity contribution is 7.15. The van der Waals surface area contributed by atoms with Gasteiger partial charge in [0.1, 0.15) is 16.1 Å². The largest absolute Gasteiger partial charge is 0.336 e. The molecular formula is C48H42N6O3S2. The monoisotopic (exact) mass is 814 g/mol. The minimum absolute atomic E-state index is 0.0292. The predicted octanol–water partition coefficient (Wildman–Crippen LogP) is 9.74. The van der Waals surface area contributed by atoms with E-state index in [1.807, 2.05) is 82.9 Å². The van der Waals surface area contributed by atoms with E-state index in [2.05, 4.69) is 58.8 Å². The lowest BCUT2D eigenvalue weighted by Gasteiger charge is -2.28. The van der Waals surface area contributed by atoms with Crippen LogP contribution in [0.5, 0.6) is 0 Å². The fraction of sp³-hybridized carbons (Fsp3) is 0.208. The average Bonchev–Trinajstić information content (AvgIpc) is 4.14. The molecule has 5 heterocycles. The van der Waals surface area contributed by atoms with Gasteiger partial charge in [-0.15, -0.1) is 22.7 Å². The van der Waals surface area contributed by atoms with Gasteiger partial charge >= 0.3 is 0 Å². The Morgan fingerprint density at radius 2 is 1.17 bits per heavy atom. The standard InChI is InChI=1S/C48H42N6O3S2/c55-43(28-32-10-3-1-4-11-32)53-26-8-15-39(53)46-50-30-41(58-46)35-21-17-33(18-22-35)34-19-23-36(24-20-34)42-31-51-47(59-42)40-16-9-27-54(40)48(57)44(37-12-5-2-6-13-37)52-45(56)38-14-7-25-49-29-38/h1-7,10-14,17-25,29-31,39-40,44H,8-9,15-16,26-28H2,(H,52,56)/t39-,40-,44-/m0/s1. The first-order chi connectivity index (χ1) is 29.0. The number of pyridine rings is 1. The first kappa shape index (κ1) is 38.2. The molecule has 4 aromatic carbocycles. The molecular weight excluding hydrogens is 773 g/mol. The molecule has 2 saturated heterocycles. The highest BCUT2D eigenvalue weighted by Crippen LogP contribution is 2.40. The molecule has 0 bridgehead atoms. The second-order valence-corrected chi connectivity index (χ2v) is 17.1. The van der Waals surface area contributed by atoms with Gasteiger partial charge in [-0.2, -0.15) is 0 Å². The average molecular weight is 815 g/mol. The molecule has 3 amide bonds. The van der Waals surface area contributed by atoms with Crippen molar-refractivity contribution in [1.82, 2.24) is 30.1 Å². The van der Waals surface area contributed by atoms with E-state index in [1.165, 1.54) is 6.20 Å². The summed E-state index contributed by atoms with van der Waals surface area (Å²) in [5.41, 5.74) is 6.57. The van der Waals surface area contributed by atoms with E-state index >= 15 is 0 Å².